The van der Waals surface area contributed by atoms with E-state index in [0.29, 0.717) is 18.4 Å². The first-order valence-electron chi connectivity index (χ1n) is 9.27. The van der Waals surface area contributed by atoms with Crippen LogP contribution in [0.4, 0.5) is 5.69 Å². The summed E-state index contributed by atoms with van der Waals surface area (Å²) >= 11 is 2.05. The van der Waals surface area contributed by atoms with E-state index >= 15 is 0 Å². The largest absolute Gasteiger partial charge is 0.492 e. The van der Waals surface area contributed by atoms with E-state index in [1.165, 1.54) is 13.3 Å². The Morgan fingerprint density at radius 2 is 2.22 bits per heavy atom. The summed E-state index contributed by atoms with van der Waals surface area (Å²) < 4.78 is 5.78. The number of anilines is 1. The van der Waals surface area contributed by atoms with E-state index in [0.717, 1.165) is 42.8 Å². The first-order valence-corrected chi connectivity index (χ1v) is 10.3. The number of hydrogen-bond donors (Lipinski definition) is 2. The molecular formula is C19H31IN4O2S. The smallest absolute Gasteiger partial charge is 0.221 e. The van der Waals surface area contributed by atoms with Crippen LogP contribution in [0.3, 0.4) is 0 Å². The summed E-state index contributed by atoms with van der Waals surface area (Å²) in [4.78, 5) is 18.2. The summed E-state index contributed by atoms with van der Waals surface area (Å²) in [5.74, 6) is 2.76. The van der Waals surface area contributed by atoms with Crippen LogP contribution in [0.2, 0.25) is 0 Å². The molecule has 27 heavy (non-hydrogen) atoms. The van der Waals surface area contributed by atoms with Crippen LogP contribution in [0.5, 0.6) is 5.75 Å². The minimum Gasteiger partial charge on any atom is -0.492 e. The second kappa shape index (κ2) is 13.1. The quantitative estimate of drug-likeness (QED) is 0.257. The molecule has 1 fully saturated rings. The third-order valence-electron chi connectivity index (χ3n) is 4.00. The number of halogens is 1. The van der Waals surface area contributed by atoms with Crippen LogP contribution in [0.1, 0.15) is 27.2 Å². The minimum absolute atomic E-state index is 0. The Balaban J connectivity index is 0.00000364. The number of nitrogens with zero attached hydrogens (tertiary/aromatic N) is 2. The maximum absolute atomic E-state index is 11.1. The highest BCUT2D eigenvalue weighted by Gasteiger charge is 2.21. The number of rotatable bonds is 7. The molecule has 0 bridgehead atoms. The van der Waals surface area contributed by atoms with Gasteiger partial charge in [0.1, 0.15) is 12.4 Å². The normalized spacial score (nSPS) is 17.1. The average molecular weight is 506 g/mol. The molecule has 1 aliphatic heterocycles. The van der Waals surface area contributed by atoms with Crippen molar-refractivity contribution in [1.29, 1.82) is 0 Å². The molecule has 1 heterocycles. The summed E-state index contributed by atoms with van der Waals surface area (Å²) in [6.07, 6.45) is 1.19. The molecule has 0 radical (unpaired) electrons. The van der Waals surface area contributed by atoms with Gasteiger partial charge in [-0.05, 0) is 25.5 Å². The Kier molecular flexibility index (Phi) is 11.6. The van der Waals surface area contributed by atoms with Crippen molar-refractivity contribution < 1.29 is 9.53 Å². The number of hydrogen-bond acceptors (Lipinski definition) is 4. The fourth-order valence-corrected chi connectivity index (χ4v) is 3.95. The molecule has 1 saturated heterocycles. The van der Waals surface area contributed by atoms with Crippen LogP contribution in [-0.4, -0.2) is 60.6 Å². The zero-order chi connectivity index (χ0) is 18.8. The highest BCUT2D eigenvalue weighted by molar-refractivity contribution is 14.0. The fraction of sp³-hybridized carbons (Fsp3) is 0.579. The lowest BCUT2D eigenvalue weighted by atomic mass is 10.3. The Morgan fingerprint density at radius 3 is 2.93 bits per heavy atom. The third kappa shape index (κ3) is 8.59. The summed E-state index contributed by atoms with van der Waals surface area (Å²) in [5, 5.41) is 6.83. The summed E-state index contributed by atoms with van der Waals surface area (Å²) in [6, 6.07) is 7.41. The second-order valence-electron chi connectivity index (χ2n) is 6.14. The number of carbonyl (C=O) groups is 1. The molecule has 8 heteroatoms. The minimum atomic E-state index is -0.0906. The molecule has 0 saturated carbocycles. The van der Waals surface area contributed by atoms with Crippen molar-refractivity contribution >= 4 is 53.3 Å². The van der Waals surface area contributed by atoms with Crippen LogP contribution in [0, 0.1) is 0 Å². The monoisotopic (exact) mass is 506 g/mol. The molecule has 1 aromatic carbocycles. The zero-order valence-electron chi connectivity index (χ0n) is 16.4. The Bertz CT molecular complexity index is 615. The van der Waals surface area contributed by atoms with Crippen molar-refractivity contribution in [2.75, 3.05) is 43.9 Å². The lowest BCUT2D eigenvalue weighted by Gasteiger charge is -2.34. The molecule has 1 aromatic rings. The predicted molar refractivity (Wildman–Crippen MR) is 126 cm³/mol. The number of benzene rings is 1. The van der Waals surface area contributed by atoms with Gasteiger partial charge in [0.15, 0.2) is 5.96 Å². The van der Waals surface area contributed by atoms with Crippen molar-refractivity contribution in [3.8, 4) is 5.75 Å². The van der Waals surface area contributed by atoms with E-state index in [4.69, 9.17) is 9.73 Å². The van der Waals surface area contributed by atoms with Gasteiger partial charge >= 0.3 is 0 Å². The lowest BCUT2D eigenvalue weighted by molar-refractivity contribution is -0.114. The highest BCUT2D eigenvalue weighted by Crippen LogP contribution is 2.21. The van der Waals surface area contributed by atoms with Gasteiger partial charge in [-0.25, -0.2) is 4.99 Å². The van der Waals surface area contributed by atoms with Crippen molar-refractivity contribution in [1.82, 2.24) is 10.2 Å². The molecule has 1 atom stereocenters. The SMILES string of the molecule is CCNC(=NCCOc1cccc(NC(C)=O)c1)N1CCSC(CC)C1.I. The van der Waals surface area contributed by atoms with Gasteiger partial charge in [-0.3, -0.25) is 4.79 Å². The number of aliphatic imine (C=N–C) groups is 1. The average Bonchev–Trinajstić information content (AvgIpc) is 2.64. The van der Waals surface area contributed by atoms with E-state index in [-0.39, 0.29) is 29.9 Å². The van der Waals surface area contributed by atoms with Crippen LogP contribution in [-0.2, 0) is 4.79 Å². The molecule has 0 spiro atoms. The van der Waals surface area contributed by atoms with Gasteiger partial charge in [0, 0.05) is 49.3 Å². The van der Waals surface area contributed by atoms with Crippen LogP contribution < -0.4 is 15.4 Å². The summed E-state index contributed by atoms with van der Waals surface area (Å²) in [7, 11) is 0. The third-order valence-corrected chi connectivity index (χ3v) is 5.38. The molecule has 2 rings (SSSR count). The van der Waals surface area contributed by atoms with E-state index in [1.54, 1.807) is 0 Å². The van der Waals surface area contributed by atoms with E-state index in [1.807, 2.05) is 24.3 Å². The van der Waals surface area contributed by atoms with E-state index < -0.39 is 0 Å². The first-order chi connectivity index (χ1) is 12.6. The topological polar surface area (TPSA) is 66.0 Å². The van der Waals surface area contributed by atoms with Gasteiger partial charge in [0.2, 0.25) is 5.91 Å². The molecule has 6 nitrogen and oxygen atoms in total. The van der Waals surface area contributed by atoms with Gasteiger partial charge in [0.05, 0.1) is 6.54 Å². The number of guanidine groups is 1. The Labute approximate surface area is 183 Å². The molecule has 1 unspecified atom stereocenters. The van der Waals surface area contributed by atoms with E-state index in [2.05, 4.69) is 41.1 Å². The van der Waals surface area contributed by atoms with Gasteiger partial charge in [-0.2, -0.15) is 11.8 Å². The van der Waals surface area contributed by atoms with Crippen LogP contribution in [0.15, 0.2) is 29.3 Å². The number of nitrogens with one attached hydrogen (secondary N) is 2. The number of amides is 1. The highest BCUT2D eigenvalue weighted by atomic mass is 127. The molecule has 0 aromatic heterocycles. The molecule has 2 N–H and O–H groups in total. The fourth-order valence-electron chi connectivity index (χ4n) is 2.77. The van der Waals surface area contributed by atoms with E-state index in [9.17, 15) is 4.79 Å². The van der Waals surface area contributed by atoms with Gasteiger partial charge in [-0.15, -0.1) is 24.0 Å². The molecule has 0 aliphatic carbocycles. The van der Waals surface area contributed by atoms with Gasteiger partial charge in [0.25, 0.3) is 0 Å². The van der Waals surface area contributed by atoms with Gasteiger partial charge in [-0.1, -0.05) is 13.0 Å². The second-order valence-corrected chi connectivity index (χ2v) is 7.55. The van der Waals surface area contributed by atoms with Crippen LogP contribution >= 0.6 is 35.7 Å². The zero-order valence-corrected chi connectivity index (χ0v) is 19.5. The first kappa shape index (κ1) is 23.9. The molecule has 1 aliphatic rings. The van der Waals surface area contributed by atoms with Crippen molar-refractivity contribution in [3.63, 3.8) is 0 Å². The van der Waals surface area contributed by atoms with Crippen LogP contribution in [0.25, 0.3) is 0 Å². The van der Waals surface area contributed by atoms with Gasteiger partial charge < -0.3 is 20.3 Å². The Hall–Kier alpha value is -1.16. The molecular weight excluding hydrogens is 475 g/mol. The number of ether oxygens (including phenoxy) is 1. The number of thioether (sulfide) groups is 1. The summed E-state index contributed by atoms with van der Waals surface area (Å²) in [6.45, 7) is 9.86. The van der Waals surface area contributed by atoms with Crippen molar-refractivity contribution in [2.24, 2.45) is 4.99 Å². The molecule has 152 valence electrons. The lowest BCUT2D eigenvalue weighted by Crippen LogP contribution is -2.48. The molecule has 1 amide bonds. The summed E-state index contributed by atoms with van der Waals surface area (Å²) in [5.41, 5.74) is 0.739. The standard InChI is InChI=1S/C19H30N4O2S.HI/c1-4-18-14-23(10-12-26-18)19(20-5-2)21-9-11-25-17-8-6-7-16(13-17)22-15(3)24;/h6-8,13,18H,4-5,9-12,14H2,1-3H3,(H,20,21)(H,22,24);1H. The maximum Gasteiger partial charge on any atom is 0.221 e. The number of carbonyl (C=O) groups excluding carboxylic acids is 1. The van der Waals surface area contributed by atoms with Crippen molar-refractivity contribution in [3.05, 3.63) is 24.3 Å². The maximum atomic E-state index is 11.1. The predicted octanol–water partition coefficient (Wildman–Crippen LogP) is 3.43. The van der Waals surface area contributed by atoms with Crippen molar-refractivity contribution in [2.45, 2.75) is 32.4 Å². The Morgan fingerprint density at radius 1 is 1.41 bits per heavy atom.